The number of aromatic nitrogens is 1. The lowest BCUT2D eigenvalue weighted by molar-refractivity contribution is -0.143. The molecule has 2 unspecified atom stereocenters. The fourth-order valence-corrected chi connectivity index (χ4v) is 4.05. The third-order valence-electron chi connectivity index (χ3n) is 5.00. The fourth-order valence-electron chi connectivity index (χ4n) is 3.52. The molecule has 0 spiro atoms. The lowest BCUT2D eigenvalue weighted by atomic mass is 9.94. The zero-order valence-electron chi connectivity index (χ0n) is 16.5. The van der Waals surface area contributed by atoms with Crippen LogP contribution in [0.3, 0.4) is 0 Å². The van der Waals surface area contributed by atoms with Crippen molar-refractivity contribution in [2.45, 2.75) is 11.4 Å². The number of hydrogen-bond acceptors (Lipinski definition) is 6. The van der Waals surface area contributed by atoms with Crippen LogP contribution in [0.1, 0.15) is 11.6 Å². The van der Waals surface area contributed by atoms with Crippen molar-refractivity contribution in [2.24, 2.45) is 0 Å². The van der Waals surface area contributed by atoms with Crippen LogP contribution in [0.25, 0.3) is 10.9 Å². The molecule has 2 atom stereocenters. The van der Waals surface area contributed by atoms with E-state index in [1.165, 1.54) is 26.3 Å². The van der Waals surface area contributed by atoms with E-state index in [1.807, 2.05) is 6.07 Å². The minimum atomic E-state index is -0.733. The van der Waals surface area contributed by atoms with Gasteiger partial charge in [0, 0.05) is 16.6 Å². The number of alkyl halides is 1. The fraction of sp³-hybridized carbons (Fsp3) is 0.238. The van der Waals surface area contributed by atoms with Crippen molar-refractivity contribution in [3.05, 3.63) is 53.2 Å². The lowest BCUT2D eigenvalue weighted by Gasteiger charge is -2.44. The maximum Gasteiger partial charge on any atom is 0.262 e. The Balaban J connectivity index is 1.71. The molecule has 1 saturated heterocycles. The number of amides is 1. The first-order valence-electron chi connectivity index (χ1n) is 9.06. The van der Waals surface area contributed by atoms with Gasteiger partial charge in [0.2, 0.25) is 5.75 Å². The van der Waals surface area contributed by atoms with Gasteiger partial charge in [-0.2, -0.15) is 0 Å². The highest BCUT2D eigenvalue weighted by molar-refractivity contribution is 6.34. The van der Waals surface area contributed by atoms with Crippen molar-refractivity contribution in [2.75, 3.05) is 26.8 Å². The number of benzene rings is 2. The molecule has 3 aromatic rings. The molecule has 1 aliphatic heterocycles. The zero-order valence-corrected chi connectivity index (χ0v) is 18.0. The summed E-state index contributed by atoms with van der Waals surface area (Å²) in [6.45, 7) is 0. The van der Waals surface area contributed by atoms with Gasteiger partial charge in [0.1, 0.15) is 11.4 Å². The first-order chi connectivity index (χ1) is 14.5. The van der Waals surface area contributed by atoms with E-state index in [0.29, 0.717) is 33.5 Å². The second-order valence-electron chi connectivity index (χ2n) is 6.65. The van der Waals surface area contributed by atoms with Gasteiger partial charge in [-0.15, -0.1) is 11.6 Å². The average Bonchev–Trinajstić information content (AvgIpc) is 2.77. The number of β-lactam (4-membered cyclic amide) rings is 1. The number of anilines is 1. The molecule has 2 heterocycles. The topological polar surface area (TPSA) is 72.9 Å². The number of pyridine rings is 1. The number of methoxy groups -OCH3 is 3. The molecule has 0 saturated carbocycles. The second-order valence-corrected chi connectivity index (χ2v) is 7.55. The molecule has 1 fully saturated rings. The van der Waals surface area contributed by atoms with E-state index in [-0.39, 0.29) is 5.91 Å². The van der Waals surface area contributed by atoms with Crippen molar-refractivity contribution < 1.29 is 19.0 Å². The SMILES string of the molecule is COc1cc(C2C(Cl)C(=O)N2Nc2ccnc3cc(Cl)ccc23)cc(OC)c1OC. The highest BCUT2D eigenvalue weighted by Gasteiger charge is 2.48. The molecular formula is C21H19Cl2N3O4. The molecule has 30 heavy (non-hydrogen) atoms. The van der Waals surface area contributed by atoms with Crippen LogP contribution in [-0.2, 0) is 4.79 Å². The Kier molecular flexibility index (Phi) is 5.49. The maximum atomic E-state index is 12.6. The van der Waals surface area contributed by atoms with Gasteiger partial charge in [-0.05, 0) is 42.0 Å². The molecule has 2 aromatic carbocycles. The van der Waals surface area contributed by atoms with Gasteiger partial charge < -0.3 is 14.2 Å². The summed E-state index contributed by atoms with van der Waals surface area (Å²) in [5.41, 5.74) is 5.35. The van der Waals surface area contributed by atoms with E-state index in [4.69, 9.17) is 37.4 Å². The molecule has 1 N–H and O–H groups in total. The third-order valence-corrected chi connectivity index (χ3v) is 5.66. The van der Waals surface area contributed by atoms with Crippen LogP contribution in [-0.4, -0.2) is 42.6 Å². The molecular weight excluding hydrogens is 429 g/mol. The number of carbonyl (C=O) groups excluding carboxylic acids is 1. The molecule has 9 heteroatoms. The molecule has 4 rings (SSSR count). The van der Waals surface area contributed by atoms with Crippen molar-refractivity contribution >= 4 is 45.7 Å². The number of hydrogen-bond donors (Lipinski definition) is 1. The van der Waals surface area contributed by atoms with Gasteiger partial charge >= 0.3 is 0 Å². The summed E-state index contributed by atoms with van der Waals surface area (Å²) >= 11 is 12.5. The van der Waals surface area contributed by atoms with E-state index in [9.17, 15) is 4.79 Å². The Labute approximate surface area is 183 Å². The molecule has 1 amide bonds. The highest BCUT2D eigenvalue weighted by Crippen LogP contribution is 2.45. The Bertz CT molecular complexity index is 1100. The van der Waals surface area contributed by atoms with Gasteiger partial charge in [-0.1, -0.05) is 11.6 Å². The number of halogens is 2. The molecule has 1 aromatic heterocycles. The summed E-state index contributed by atoms with van der Waals surface area (Å²) in [7, 11) is 4.61. The number of carbonyl (C=O) groups is 1. The summed E-state index contributed by atoms with van der Waals surface area (Å²) in [6, 6.07) is 10.3. The molecule has 0 radical (unpaired) electrons. The minimum Gasteiger partial charge on any atom is -0.493 e. The van der Waals surface area contributed by atoms with Gasteiger partial charge in [0.25, 0.3) is 5.91 Å². The lowest BCUT2D eigenvalue weighted by Crippen LogP contribution is -2.58. The zero-order chi connectivity index (χ0) is 21.4. The van der Waals surface area contributed by atoms with Crippen LogP contribution in [0, 0.1) is 0 Å². The Morgan fingerprint density at radius 2 is 1.73 bits per heavy atom. The summed E-state index contributed by atoms with van der Waals surface area (Å²) in [5, 5.41) is 2.17. The maximum absolute atomic E-state index is 12.6. The van der Waals surface area contributed by atoms with Crippen molar-refractivity contribution in [1.29, 1.82) is 0 Å². The minimum absolute atomic E-state index is 0.241. The number of nitrogens with one attached hydrogen (secondary N) is 1. The number of nitrogens with zero attached hydrogens (tertiary/aromatic N) is 2. The normalized spacial score (nSPS) is 18.2. The highest BCUT2D eigenvalue weighted by atomic mass is 35.5. The van der Waals surface area contributed by atoms with E-state index >= 15 is 0 Å². The molecule has 7 nitrogen and oxygen atoms in total. The van der Waals surface area contributed by atoms with E-state index in [2.05, 4.69) is 10.4 Å². The number of ether oxygens (including phenoxy) is 3. The first-order valence-corrected chi connectivity index (χ1v) is 9.88. The van der Waals surface area contributed by atoms with E-state index < -0.39 is 11.4 Å². The van der Waals surface area contributed by atoms with Crippen LogP contribution in [0.15, 0.2) is 42.6 Å². The molecule has 1 aliphatic rings. The van der Waals surface area contributed by atoms with Gasteiger partial charge in [-0.3, -0.25) is 15.2 Å². The Hall–Kier alpha value is -2.90. The van der Waals surface area contributed by atoms with Gasteiger partial charge in [0.15, 0.2) is 11.5 Å². The van der Waals surface area contributed by atoms with Crippen LogP contribution in [0.2, 0.25) is 5.02 Å². The third kappa shape index (κ3) is 3.34. The van der Waals surface area contributed by atoms with Crippen molar-refractivity contribution in [1.82, 2.24) is 9.99 Å². The number of hydrazine groups is 1. The largest absolute Gasteiger partial charge is 0.493 e. The number of fused-ring (bicyclic) bond motifs is 1. The van der Waals surface area contributed by atoms with E-state index in [0.717, 1.165) is 10.9 Å². The smallest absolute Gasteiger partial charge is 0.262 e. The van der Waals surface area contributed by atoms with Crippen molar-refractivity contribution in [3.8, 4) is 17.2 Å². The van der Waals surface area contributed by atoms with Crippen molar-refractivity contribution in [3.63, 3.8) is 0 Å². The van der Waals surface area contributed by atoms with Crippen LogP contribution >= 0.6 is 23.2 Å². The molecule has 0 aliphatic carbocycles. The predicted octanol–water partition coefficient (Wildman–Crippen LogP) is 4.43. The quantitative estimate of drug-likeness (QED) is 0.444. The monoisotopic (exact) mass is 447 g/mol. The average molecular weight is 448 g/mol. The van der Waals surface area contributed by atoms with Gasteiger partial charge in [-0.25, -0.2) is 5.01 Å². The summed E-state index contributed by atoms with van der Waals surface area (Å²) in [5.74, 6) is 1.20. The van der Waals surface area contributed by atoms with Crippen LogP contribution < -0.4 is 19.6 Å². The summed E-state index contributed by atoms with van der Waals surface area (Å²) in [4.78, 5) is 16.9. The first kappa shape index (κ1) is 20.4. The van der Waals surface area contributed by atoms with E-state index in [1.54, 1.807) is 36.5 Å². The van der Waals surface area contributed by atoms with Crippen LogP contribution in [0.4, 0.5) is 5.69 Å². The number of rotatable bonds is 6. The summed E-state index contributed by atoms with van der Waals surface area (Å²) in [6.07, 6.45) is 1.65. The molecule has 156 valence electrons. The van der Waals surface area contributed by atoms with Crippen LogP contribution in [0.5, 0.6) is 17.2 Å². The summed E-state index contributed by atoms with van der Waals surface area (Å²) < 4.78 is 16.2. The second kappa shape index (κ2) is 8.08. The molecule has 0 bridgehead atoms. The Morgan fingerprint density at radius 1 is 1.03 bits per heavy atom. The standard InChI is InChI=1S/C21H19Cl2N3O4/c1-28-16-8-11(9-17(29-2)20(16)30-3)19-18(23)21(27)26(19)25-14-6-7-24-15-10-12(22)4-5-13(14)15/h4-10,18-19H,1-3H3,(H,24,25). The Morgan fingerprint density at radius 3 is 2.37 bits per heavy atom. The predicted molar refractivity (Wildman–Crippen MR) is 116 cm³/mol. The van der Waals surface area contributed by atoms with Gasteiger partial charge in [0.05, 0.1) is 32.5 Å².